The third kappa shape index (κ3) is 6.32. The Morgan fingerprint density at radius 2 is 1.66 bits per heavy atom. The van der Waals surface area contributed by atoms with Gasteiger partial charge in [0, 0.05) is 30.9 Å². The number of benzene rings is 2. The van der Waals surface area contributed by atoms with Crippen LogP contribution in [-0.2, 0) is 15.8 Å². The van der Waals surface area contributed by atoms with Crippen molar-refractivity contribution in [1.29, 1.82) is 0 Å². The molecule has 2 rings (SSSR count). The number of amides is 3. The average Bonchev–Trinajstić information content (AvgIpc) is 2.66. The molecule has 3 amide bonds. The van der Waals surface area contributed by atoms with E-state index in [1.54, 1.807) is 32.3 Å². The topological polar surface area (TPSA) is 87.7 Å². The van der Waals surface area contributed by atoms with Gasteiger partial charge in [0.1, 0.15) is 0 Å². The molecule has 0 unspecified atom stereocenters. The predicted octanol–water partition coefficient (Wildman–Crippen LogP) is 2.71. The molecule has 0 spiro atoms. The number of hydrogen-bond acceptors (Lipinski definition) is 4. The lowest BCUT2D eigenvalue weighted by Gasteiger charge is -2.12. The van der Waals surface area contributed by atoms with Gasteiger partial charge < -0.3 is 10.2 Å². The first-order chi connectivity index (χ1) is 13.6. The number of anilines is 1. The minimum atomic E-state index is -4.58. The summed E-state index contributed by atoms with van der Waals surface area (Å²) in [5, 5.41) is 2.48. The van der Waals surface area contributed by atoms with Crippen LogP contribution in [0, 0.1) is 0 Å². The van der Waals surface area contributed by atoms with Crippen molar-refractivity contribution in [2.45, 2.75) is 6.18 Å². The van der Waals surface area contributed by atoms with Crippen LogP contribution < -0.4 is 10.8 Å². The van der Waals surface area contributed by atoms with Crippen molar-refractivity contribution >= 4 is 23.4 Å². The molecule has 154 valence electrons. The summed E-state index contributed by atoms with van der Waals surface area (Å²) in [6, 6.07) is 9.99. The fraction of sp³-hybridized carbons (Fsp3) is 0.211. The maximum atomic E-state index is 12.7. The van der Waals surface area contributed by atoms with Gasteiger partial charge in [0.05, 0.1) is 5.56 Å². The second kappa shape index (κ2) is 9.20. The molecule has 0 bridgehead atoms. The number of hydrogen-bond donors (Lipinski definition) is 2. The molecule has 10 heteroatoms. The second-order valence-electron chi connectivity index (χ2n) is 6.13. The van der Waals surface area contributed by atoms with E-state index in [2.05, 4.69) is 5.32 Å². The lowest BCUT2D eigenvalue weighted by molar-refractivity contribution is -0.137. The number of carbonyl (C=O) groups is 3. The zero-order chi connectivity index (χ0) is 21.6. The first kappa shape index (κ1) is 21.9. The summed E-state index contributed by atoms with van der Waals surface area (Å²) in [5.74, 6) is -1.81. The molecule has 0 fully saturated rings. The first-order valence-electron chi connectivity index (χ1n) is 8.29. The largest absolute Gasteiger partial charge is 0.416 e. The zero-order valence-electron chi connectivity index (χ0n) is 15.5. The molecule has 0 radical (unpaired) electrons. The van der Waals surface area contributed by atoms with Crippen LogP contribution in [0.5, 0.6) is 0 Å². The van der Waals surface area contributed by atoms with Gasteiger partial charge in [-0.2, -0.15) is 13.2 Å². The third-order valence-electron chi connectivity index (χ3n) is 3.62. The summed E-state index contributed by atoms with van der Waals surface area (Å²) in [6.07, 6.45) is -4.58. The van der Waals surface area contributed by atoms with E-state index in [1.807, 2.05) is 5.48 Å². The maximum absolute atomic E-state index is 12.7. The summed E-state index contributed by atoms with van der Waals surface area (Å²) in [5.41, 5.74) is 1.38. The van der Waals surface area contributed by atoms with Crippen molar-refractivity contribution in [3.8, 4) is 0 Å². The zero-order valence-corrected chi connectivity index (χ0v) is 15.5. The number of halogens is 3. The van der Waals surface area contributed by atoms with Gasteiger partial charge in [0.25, 0.3) is 17.7 Å². The fourth-order valence-electron chi connectivity index (χ4n) is 2.25. The van der Waals surface area contributed by atoms with Crippen LogP contribution in [0.1, 0.15) is 26.3 Å². The van der Waals surface area contributed by atoms with Gasteiger partial charge in [-0.15, -0.1) is 0 Å². The Kier molecular flexibility index (Phi) is 6.94. The molecule has 0 aliphatic heterocycles. The smallest absolute Gasteiger partial charge is 0.345 e. The van der Waals surface area contributed by atoms with E-state index in [1.165, 1.54) is 17.0 Å². The number of hydroxylamine groups is 1. The van der Waals surface area contributed by atoms with Crippen LogP contribution in [0.3, 0.4) is 0 Å². The van der Waals surface area contributed by atoms with Crippen molar-refractivity contribution < 1.29 is 32.4 Å². The number of carbonyl (C=O) groups excluding carboxylic acids is 3. The van der Waals surface area contributed by atoms with E-state index < -0.39 is 30.2 Å². The number of alkyl halides is 3. The summed E-state index contributed by atoms with van der Waals surface area (Å²) in [7, 11) is 3.18. The summed E-state index contributed by atoms with van der Waals surface area (Å²) >= 11 is 0. The molecule has 0 aliphatic carbocycles. The number of nitrogens with one attached hydrogen (secondary N) is 2. The van der Waals surface area contributed by atoms with Gasteiger partial charge in [-0.25, -0.2) is 5.48 Å². The van der Waals surface area contributed by atoms with Gasteiger partial charge in [-0.05, 0) is 36.4 Å². The Bertz CT molecular complexity index is 914. The van der Waals surface area contributed by atoms with Crippen LogP contribution in [-0.4, -0.2) is 43.3 Å². The highest BCUT2D eigenvalue weighted by atomic mass is 19.4. The second-order valence-corrected chi connectivity index (χ2v) is 6.13. The highest BCUT2D eigenvalue weighted by Gasteiger charge is 2.30. The Labute approximate surface area is 164 Å². The molecule has 0 aromatic heterocycles. The van der Waals surface area contributed by atoms with E-state index >= 15 is 0 Å². The maximum Gasteiger partial charge on any atom is 0.416 e. The van der Waals surface area contributed by atoms with Gasteiger partial charge in [-0.3, -0.25) is 19.2 Å². The number of nitrogens with zero attached hydrogens (tertiary/aromatic N) is 1. The summed E-state index contributed by atoms with van der Waals surface area (Å²) < 4.78 is 38.0. The van der Waals surface area contributed by atoms with Crippen molar-refractivity contribution in [3.63, 3.8) is 0 Å². The van der Waals surface area contributed by atoms with Crippen LogP contribution in [0.15, 0.2) is 48.5 Å². The molecule has 7 nitrogen and oxygen atoms in total. The quantitative estimate of drug-likeness (QED) is 0.719. The predicted molar refractivity (Wildman–Crippen MR) is 98.0 cm³/mol. The molecule has 2 N–H and O–H groups in total. The van der Waals surface area contributed by atoms with Gasteiger partial charge in [0.15, 0.2) is 6.61 Å². The third-order valence-corrected chi connectivity index (χ3v) is 3.62. The molecular formula is C19H18F3N3O4. The minimum Gasteiger partial charge on any atom is -0.345 e. The first-order valence-corrected chi connectivity index (χ1v) is 8.29. The lowest BCUT2D eigenvalue weighted by Crippen LogP contribution is -2.29. The monoisotopic (exact) mass is 409 g/mol. The van der Waals surface area contributed by atoms with Crippen molar-refractivity contribution in [3.05, 3.63) is 65.2 Å². The van der Waals surface area contributed by atoms with Crippen molar-refractivity contribution in [2.24, 2.45) is 0 Å². The molecule has 0 aliphatic rings. The molecule has 0 saturated heterocycles. The number of rotatable bonds is 6. The Morgan fingerprint density at radius 3 is 2.31 bits per heavy atom. The summed E-state index contributed by atoms with van der Waals surface area (Å²) in [4.78, 5) is 41.8. The minimum absolute atomic E-state index is 0.245. The molecule has 2 aromatic carbocycles. The molecule has 0 heterocycles. The van der Waals surface area contributed by atoms with E-state index in [9.17, 15) is 27.6 Å². The Morgan fingerprint density at radius 1 is 1.00 bits per heavy atom. The summed E-state index contributed by atoms with van der Waals surface area (Å²) in [6.45, 7) is -0.587. The van der Waals surface area contributed by atoms with E-state index in [4.69, 9.17) is 4.84 Å². The van der Waals surface area contributed by atoms with Crippen LogP contribution in [0.4, 0.5) is 18.9 Å². The fourth-order valence-corrected chi connectivity index (χ4v) is 2.25. The Hall–Kier alpha value is -3.40. The lowest BCUT2D eigenvalue weighted by atomic mass is 10.1. The molecule has 0 saturated carbocycles. The van der Waals surface area contributed by atoms with Crippen molar-refractivity contribution in [1.82, 2.24) is 10.4 Å². The highest BCUT2D eigenvalue weighted by Crippen LogP contribution is 2.29. The van der Waals surface area contributed by atoms with E-state index in [0.717, 1.165) is 12.1 Å². The average molecular weight is 409 g/mol. The molecule has 29 heavy (non-hydrogen) atoms. The molecule has 0 atom stereocenters. The van der Waals surface area contributed by atoms with Crippen LogP contribution >= 0.6 is 0 Å². The normalized spacial score (nSPS) is 10.9. The highest BCUT2D eigenvalue weighted by molar-refractivity contribution is 5.97. The molecule has 2 aromatic rings. The SMILES string of the molecule is CN(C)C(=O)c1cccc(NC(=O)CONC(=O)c2cccc(C(F)(F)F)c2)c1. The van der Waals surface area contributed by atoms with Gasteiger partial charge >= 0.3 is 6.18 Å². The van der Waals surface area contributed by atoms with E-state index in [0.29, 0.717) is 17.3 Å². The van der Waals surface area contributed by atoms with Gasteiger partial charge in [-0.1, -0.05) is 12.1 Å². The van der Waals surface area contributed by atoms with Crippen molar-refractivity contribution in [2.75, 3.05) is 26.0 Å². The van der Waals surface area contributed by atoms with Crippen LogP contribution in [0.2, 0.25) is 0 Å². The standard InChI is InChI=1S/C19H18F3N3O4/c1-25(2)18(28)13-6-4-8-15(10-13)23-16(26)11-29-24-17(27)12-5-3-7-14(9-12)19(20,21)22/h3-10H,11H2,1-2H3,(H,23,26)(H,24,27). The van der Waals surface area contributed by atoms with Crippen LogP contribution in [0.25, 0.3) is 0 Å². The van der Waals surface area contributed by atoms with Gasteiger partial charge in [0.2, 0.25) is 0 Å². The van der Waals surface area contributed by atoms with E-state index in [-0.39, 0.29) is 11.5 Å². The molecular weight excluding hydrogens is 391 g/mol. The Balaban J connectivity index is 1.88.